The van der Waals surface area contributed by atoms with Crippen molar-refractivity contribution >= 4 is 23.8 Å². The van der Waals surface area contributed by atoms with Crippen LogP contribution in [0.3, 0.4) is 0 Å². The zero-order valence-corrected chi connectivity index (χ0v) is 6.95. The lowest BCUT2D eigenvalue weighted by molar-refractivity contribution is 0.112. The first-order chi connectivity index (χ1) is 6.54. The van der Waals surface area contributed by atoms with Crippen molar-refractivity contribution in [2.45, 2.75) is 0 Å². The number of hydrogen-bond donors (Lipinski definition) is 3. The predicted molar refractivity (Wildman–Crippen MR) is 47.8 cm³/mol. The van der Waals surface area contributed by atoms with Crippen LogP contribution in [-0.2, 0) is 0 Å². The quantitative estimate of drug-likeness (QED) is 0.493. The van der Waals surface area contributed by atoms with Gasteiger partial charge in [0.25, 0.3) is 0 Å². The van der Waals surface area contributed by atoms with Crippen LogP contribution in [0.4, 0.5) is 20.6 Å². The highest BCUT2D eigenvalue weighted by atomic mass is 19.1. The number of carboxylic acid groups (broad SMARTS) is 1. The molecule has 0 aliphatic rings. The Hall–Kier alpha value is -2.11. The van der Waals surface area contributed by atoms with E-state index in [1.54, 1.807) is 5.32 Å². The molecule has 1 aromatic carbocycles. The van der Waals surface area contributed by atoms with Gasteiger partial charge in [-0.2, -0.15) is 0 Å². The van der Waals surface area contributed by atoms with E-state index in [2.05, 4.69) is 0 Å². The lowest BCUT2D eigenvalue weighted by Crippen LogP contribution is -2.10. The van der Waals surface area contributed by atoms with Crippen molar-refractivity contribution in [1.82, 2.24) is 0 Å². The van der Waals surface area contributed by atoms with Gasteiger partial charge in [0.05, 0.1) is 5.69 Å². The monoisotopic (exact) mass is 198 g/mol. The lowest BCUT2D eigenvalue weighted by atomic mass is 10.1. The number of nitrogens with two attached hydrogens (primary N) is 1. The first kappa shape index (κ1) is 9.97. The summed E-state index contributed by atoms with van der Waals surface area (Å²) in [6.07, 6.45) is -0.993. The summed E-state index contributed by atoms with van der Waals surface area (Å²) in [4.78, 5) is 20.6. The second kappa shape index (κ2) is 3.73. The Morgan fingerprint density at radius 2 is 2.21 bits per heavy atom. The molecule has 5 nitrogen and oxygen atoms in total. The van der Waals surface area contributed by atoms with E-state index in [0.29, 0.717) is 6.29 Å². The molecule has 1 amide bonds. The molecule has 1 rings (SSSR count). The van der Waals surface area contributed by atoms with Gasteiger partial charge in [-0.25, -0.2) is 9.18 Å². The summed E-state index contributed by atoms with van der Waals surface area (Å²) in [6.45, 7) is 0. The summed E-state index contributed by atoms with van der Waals surface area (Å²) in [5, 5.41) is 10.1. The third-order valence-corrected chi connectivity index (χ3v) is 1.54. The second-order valence-electron chi connectivity index (χ2n) is 2.51. The van der Waals surface area contributed by atoms with E-state index in [4.69, 9.17) is 10.8 Å². The highest BCUT2D eigenvalue weighted by molar-refractivity contribution is 5.89. The van der Waals surface area contributed by atoms with Gasteiger partial charge in [-0.15, -0.1) is 0 Å². The van der Waals surface area contributed by atoms with E-state index in [9.17, 15) is 14.0 Å². The van der Waals surface area contributed by atoms with Gasteiger partial charge in [0.1, 0.15) is 5.82 Å². The van der Waals surface area contributed by atoms with Crippen LogP contribution in [0, 0.1) is 5.82 Å². The topological polar surface area (TPSA) is 92.4 Å². The summed E-state index contributed by atoms with van der Waals surface area (Å²) in [6, 6.07) is 1.92. The average Bonchev–Trinajstić information content (AvgIpc) is 2.09. The Balaban J connectivity index is 3.16. The van der Waals surface area contributed by atoms with E-state index in [0.717, 1.165) is 12.1 Å². The van der Waals surface area contributed by atoms with Crippen LogP contribution >= 0.6 is 0 Å². The van der Waals surface area contributed by atoms with E-state index in [1.165, 1.54) is 0 Å². The molecule has 0 bridgehead atoms. The van der Waals surface area contributed by atoms with Gasteiger partial charge in [0.15, 0.2) is 6.29 Å². The van der Waals surface area contributed by atoms with Crippen LogP contribution in [0.5, 0.6) is 0 Å². The number of carbonyl (C=O) groups excluding carboxylic acids is 1. The van der Waals surface area contributed by atoms with Crippen molar-refractivity contribution in [3.8, 4) is 0 Å². The Bertz CT molecular complexity index is 392. The molecule has 14 heavy (non-hydrogen) atoms. The van der Waals surface area contributed by atoms with Crippen LogP contribution in [0.15, 0.2) is 12.1 Å². The van der Waals surface area contributed by atoms with Crippen molar-refractivity contribution in [1.29, 1.82) is 0 Å². The molecular formula is C8H7FN2O3. The van der Waals surface area contributed by atoms with Gasteiger partial charge in [-0.1, -0.05) is 0 Å². The molecule has 0 atom stereocenters. The molecule has 4 N–H and O–H groups in total. The minimum absolute atomic E-state index is 0.0339. The standard InChI is InChI=1S/C8H7FN2O3/c9-5-2-6(10)4(3-12)1-7(5)11-8(13)14/h1-3,11H,10H2,(H,13,14). The van der Waals surface area contributed by atoms with Gasteiger partial charge in [0.2, 0.25) is 0 Å². The van der Waals surface area contributed by atoms with Crippen LogP contribution in [-0.4, -0.2) is 17.5 Å². The zero-order valence-electron chi connectivity index (χ0n) is 6.95. The lowest BCUT2D eigenvalue weighted by Gasteiger charge is -2.05. The summed E-state index contributed by atoms with van der Waals surface area (Å²) < 4.78 is 13.0. The second-order valence-corrected chi connectivity index (χ2v) is 2.51. The maximum absolute atomic E-state index is 13.0. The maximum Gasteiger partial charge on any atom is 0.409 e. The normalized spacial score (nSPS) is 9.50. The molecule has 74 valence electrons. The van der Waals surface area contributed by atoms with Crippen molar-refractivity contribution < 1.29 is 19.1 Å². The largest absolute Gasteiger partial charge is 0.465 e. The number of carbonyl (C=O) groups is 2. The third-order valence-electron chi connectivity index (χ3n) is 1.54. The number of hydrogen-bond acceptors (Lipinski definition) is 3. The summed E-state index contributed by atoms with van der Waals surface area (Å²) in [5.74, 6) is -0.824. The molecule has 0 heterocycles. The van der Waals surface area contributed by atoms with E-state index in [-0.39, 0.29) is 16.9 Å². The van der Waals surface area contributed by atoms with Gasteiger partial charge >= 0.3 is 6.09 Å². The number of nitrogen functional groups attached to an aromatic ring is 1. The molecule has 0 spiro atoms. The molecule has 0 unspecified atom stereocenters. The highest BCUT2D eigenvalue weighted by Gasteiger charge is 2.09. The van der Waals surface area contributed by atoms with Gasteiger partial charge in [-0.05, 0) is 12.1 Å². The Kier molecular flexibility index (Phi) is 2.66. The zero-order chi connectivity index (χ0) is 10.7. The Labute approximate surface area is 78.3 Å². The molecule has 1 aromatic rings. The third kappa shape index (κ3) is 1.98. The molecule has 0 saturated heterocycles. The molecule has 6 heteroatoms. The van der Waals surface area contributed by atoms with Crippen molar-refractivity contribution in [2.75, 3.05) is 11.1 Å². The van der Waals surface area contributed by atoms with E-state index < -0.39 is 11.9 Å². The summed E-state index contributed by atoms with van der Waals surface area (Å²) >= 11 is 0. The maximum atomic E-state index is 13.0. The van der Waals surface area contributed by atoms with Crippen molar-refractivity contribution in [3.63, 3.8) is 0 Å². The number of amides is 1. The van der Waals surface area contributed by atoms with Crippen LogP contribution in [0.25, 0.3) is 0 Å². The van der Waals surface area contributed by atoms with Crippen molar-refractivity contribution in [3.05, 3.63) is 23.5 Å². The number of benzene rings is 1. The number of aldehydes is 1. The van der Waals surface area contributed by atoms with Crippen LogP contribution in [0.2, 0.25) is 0 Å². The Morgan fingerprint density at radius 3 is 2.71 bits per heavy atom. The van der Waals surface area contributed by atoms with Gasteiger partial charge in [-0.3, -0.25) is 10.1 Å². The molecule has 0 radical (unpaired) electrons. The SMILES string of the molecule is Nc1cc(F)c(NC(=O)O)cc1C=O. The minimum Gasteiger partial charge on any atom is -0.465 e. The molecular weight excluding hydrogens is 191 g/mol. The molecule has 0 aliphatic heterocycles. The van der Waals surface area contributed by atoms with E-state index >= 15 is 0 Å². The van der Waals surface area contributed by atoms with E-state index in [1.807, 2.05) is 0 Å². The average molecular weight is 198 g/mol. The molecule has 0 aromatic heterocycles. The Morgan fingerprint density at radius 1 is 1.57 bits per heavy atom. The van der Waals surface area contributed by atoms with Crippen molar-refractivity contribution in [2.24, 2.45) is 0 Å². The van der Waals surface area contributed by atoms with Gasteiger partial charge in [0, 0.05) is 11.3 Å². The number of anilines is 2. The first-order valence-corrected chi connectivity index (χ1v) is 3.58. The molecule has 0 aliphatic carbocycles. The molecule has 0 fully saturated rings. The molecule has 0 saturated carbocycles. The van der Waals surface area contributed by atoms with Crippen LogP contribution < -0.4 is 11.1 Å². The fourth-order valence-corrected chi connectivity index (χ4v) is 0.918. The number of halogens is 1. The highest BCUT2D eigenvalue weighted by Crippen LogP contribution is 2.20. The van der Waals surface area contributed by atoms with Crippen LogP contribution in [0.1, 0.15) is 10.4 Å². The summed E-state index contributed by atoms with van der Waals surface area (Å²) in [5.41, 5.74) is 4.99. The fraction of sp³-hybridized carbons (Fsp3) is 0. The smallest absolute Gasteiger partial charge is 0.409 e. The number of rotatable bonds is 2. The first-order valence-electron chi connectivity index (χ1n) is 3.58. The fourth-order valence-electron chi connectivity index (χ4n) is 0.918. The summed E-state index contributed by atoms with van der Waals surface area (Å²) in [7, 11) is 0. The predicted octanol–water partition coefficient (Wildman–Crippen LogP) is 1.31. The van der Waals surface area contributed by atoms with Gasteiger partial charge < -0.3 is 10.8 Å². The minimum atomic E-state index is -1.41. The number of nitrogens with one attached hydrogen (secondary N) is 1.